The maximum absolute atomic E-state index is 13.1. The number of alkyl halides is 3. The first-order valence-electron chi connectivity index (χ1n) is 6.23. The highest BCUT2D eigenvalue weighted by atomic mass is 19.4. The molecule has 1 saturated heterocycles. The predicted molar refractivity (Wildman–Crippen MR) is 64.4 cm³/mol. The molecule has 1 aliphatic rings. The highest BCUT2D eigenvalue weighted by molar-refractivity contribution is 5.81. The lowest BCUT2D eigenvalue weighted by atomic mass is 9.93. The van der Waals surface area contributed by atoms with Crippen molar-refractivity contribution in [2.24, 2.45) is 0 Å². The summed E-state index contributed by atoms with van der Waals surface area (Å²) in [6.45, 7) is 0.462. The van der Waals surface area contributed by atoms with Crippen LogP contribution in [0.25, 0.3) is 0 Å². The summed E-state index contributed by atoms with van der Waals surface area (Å²) in [5.74, 6) is -2.33. The van der Waals surface area contributed by atoms with Gasteiger partial charge in [-0.3, -0.25) is 4.79 Å². The number of benzene rings is 1. The number of hydrogen-bond donors (Lipinski definition) is 2. The molecule has 0 radical (unpaired) electrons. The lowest BCUT2D eigenvalue weighted by Crippen LogP contribution is -2.48. The van der Waals surface area contributed by atoms with Crippen molar-refractivity contribution in [2.75, 3.05) is 6.54 Å². The van der Waals surface area contributed by atoms with E-state index in [9.17, 15) is 22.4 Å². The number of carbonyl (C=O) groups is 1. The van der Waals surface area contributed by atoms with Crippen LogP contribution in [-0.4, -0.2) is 24.7 Å². The zero-order valence-corrected chi connectivity index (χ0v) is 10.5. The zero-order chi connectivity index (χ0) is 14.8. The van der Waals surface area contributed by atoms with Gasteiger partial charge in [-0.25, -0.2) is 4.39 Å². The van der Waals surface area contributed by atoms with E-state index in [1.54, 1.807) is 12.1 Å². The summed E-state index contributed by atoms with van der Waals surface area (Å²) in [4.78, 5) is 10.9. The van der Waals surface area contributed by atoms with Gasteiger partial charge in [-0.2, -0.15) is 13.2 Å². The zero-order valence-electron chi connectivity index (χ0n) is 10.5. The van der Waals surface area contributed by atoms with Crippen LogP contribution in [0, 0.1) is 5.82 Å². The Morgan fingerprint density at radius 3 is 2.75 bits per heavy atom. The average molecular weight is 290 g/mol. The number of amides is 1. The number of nitrogens with one attached hydrogen (secondary N) is 2. The molecule has 0 unspecified atom stereocenters. The molecule has 7 heteroatoms. The van der Waals surface area contributed by atoms with Gasteiger partial charge in [0.1, 0.15) is 5.82 Å². The molecular weight excluding hydrogens is 276 g/mol. The molecule has 0 spiro atoms. The van der Waals surface area contributed by atoms with E-state index in [2.05, 4.69) is 5.32 Å². The average Bonchev–Trinajstić information content (AvgIpc) is 2.38. The Morgan fingerprint density at radius 2 is 2.10 bits per heavy atom. The van der Waals surface area contributed by atoms with E-state index < -0.39 is 23.9 Å². The normalized spacial score (nSPS) is 23.4. The number of hydrogen-bond acceptors (Lipinski definition) is 2. The molecule has 20 heavy (non-hydrogen) atoms. The smallest absolute Gasteiger partial charge is 0.345 e. The summed E-state index contributed by atoms with van der Waals surface area (Å²) in [7, 11) is 0. The van der Waals surface area contributed by atoms with Crippen LogP contribution in [0.15, 0.2) is 24.3 Å². The van der Waals surface area contributed by atoms with Crippen LogP contribution in [0.2, 0.25) is 0 Å². The molecule has 0 aliphatic carbocycles. The van der Waals surface area contributed by atoms with Crippen LogP contribution in [0.4, 0.5) is 17.6 Å². The maximum Gasteiger partial charge on any atom is 0.471 e. The number of halogens is 4. The van der Waals surface area contributed by atoms with Crippen molar-refractivity contribution in [3.8, 4) is 0 Å². The van der Waals surface area contributed by atoms with Crippen molar-refractivity contribution in [1.82, 2.24) is 10.6 Å². The van der Waals surface area contributed by atoms with Crippen LogP contribution >= 0.6 is 0 Å². The monoisotopic (exact) mass is 290 g/mol. The Kier molecular flexibility index (Phi) is 4.27. The van der Waals surface area contributed by atoms with Crippen LogP contribution in [-0.2, 0) is 4.79 Å². The van der Waals surface area contributed by atoms with E-state index in [1.165, 1.54) is 12.1 Å². The molecule has 110 valence electrons. The van der Waals surface area contributed by atoms with E-state index >= 15 is 0 Å². The summed E-state index contributed by atoms with van der Waals surface area (Å²) >= 11 is 0. The van der Waals surface area contributed by atoms with Crippen molar-refractivity contribution < 1.29 is 22.4 Å². The van der Waals surface area contributed by atoms with Gasteiger partial charge in [-0.05, 0) is 37.1 Å². The molecule has 2 N–H and O–H groups in total. The second kappa shape index (κ2) is 5.78. The van der Waals surface area contributed by atoms with Crippen molar-refractivity contribution in [3.05, 3.63) is 35.6 Å². The number of carbonyl (C=O) groups excluding carboxylic acids is 1. The Morgan fingerprint density at radius 1 is 1.35 bits per heavy atom. The van der Waals surface area contributed by atoms with Gasteiger partial charge in [0.05, 0.1) is 0 Å². The molecule has 2 rings (SSSR count). The molecule has 1 aromatic rings. The molecule has 1 amide bonds. The van der Waals surface area contributed by atoms with Crippen LogP contribution in [0.3, 0.4) is 0 Å². The topological polar surface area (TPSA) is 41.1 Å². The lowest BCUT2D eigenvalue weighted by molar-refractivity contribution is -0.174. The summed E-state index contributed by atoms with van der Waals surface area (Å²) in [5, 5.41) is 5.08. The SMILES string of the molecule is O=C(N[C@@H]1CCN[C@H](c2cccc(F)c2)C1)C(F)(F)F. The van der Waals surface area contributed by atoms with Gasteiger partial charge in [-0.15, -0.1) is 0 Å². The van der Waals surface area contributed by atoms with Gasteiger partial charge in [0.25, 0.3) is 0 Å². The van der Waals surface area contributed by atoms with Crippen molar-refractivity contribution in [3.63, 3.8) is 0 Å². The molecule has 3 nitrogen and oxygen atoms in total. The standard InChI is InChI=1S/C13H14F4N2O/c14-9-3-1-2-8(6-9)11-7-10(4-5-18-11)19-12(20)13(15,16)17/h1-3,6,10-11,18H,4-5,7H2,(H,19,20)/t10-,11+/m1/s1. The second-order valence-corrected chi connectivity index (χ2v) is 4.75. The predicted octanol–water partition coefficient (Wildman–Crippen LogP) is 2.30. The summed E-state index contributed by atoms with van der Waals surface area (Å²) < 4.78 is 49.7. The van der Waals surface area contributed by atoms with E-state index in [0.717, 1.165) is 0 Å². The van der Waals surface area contributed by atoms with Crippen molar-refractivity contribution >= 4 is 5.91 Å². The molecule has 1 heterocycles. The molecule has 0 saturated carbocycles. The van der Waals surface area contributed by atoms with Crippen molar-refractivity contribution in [1.29, 1.82) is 0 Å². The highest BCUT2D eigenvalue weighted by Crippen LogP contribution is 2.25. The van der Waals surface area contributed by atoms with Crippen LogP contribution < -0.4 is 10.6 Å². The second-order valence-electron chi connectivity index (χ2n) is 4.75. The van der Waals surface area contributed by atoms with E-state index in [4.69, 9.17) is 0 Å². The Hall–Kier alpha value is -1.63. The minimum Gasteiger partial charge on any atom is -0.345 e. The van der Waals surface area contributed by atoms with Gasteiger partial charge < -0.3 is 10.6 Å². The van der Waals surface area contributed by atoms with E-state index in [-0.39, 0.29) is 6.04 Å². The minimum absolute atomic E-state index is 0.266. The summed E-state index contributed by atoms with van der Waals surface area (Å²) in [6, 6.07) is 5.05. The largest absolute Gasteiger partial charge is 0.471 e. The first-order chi connectivity index (χ1) is 9.36. The molecule has 1 fully saturated rings. The maximum atomic E-state index is 13.1. The van der Waals surface area contributed by atoms with Gasteiger partial charge in [0, 0.05) is 12.1 Å². The molecular formula is C13H14F4N2O. The third-order valence-corrected chi connectivity index (χ3v) is 3.25. The quantitative estimate of drug-likeness (QED) is 0.821. The highest BCUT2D eigenvalue weighted by Gasteiger charge is 2.40. The van der Waals surface area contributed by atoms with Crippen LogP contribution in [0.5, 0.6) is 0 Å². The Balaban J connectivity index is 2.00. The van der Waals surface area contributed by atoms with Crippen molar-refractivity contribution in [2.45, 2.75) is 31.1 Å². The first-order valence-corrected chi connectivity index (χ1v) is 6.23. The van der Waals surface area contributed by atoms with Gasteiger partial charge >= 0.3 is 12.1 Å². The summed E-state index contributed by atoms with van der Waals surface area (Å²) in [5.41, 5.74) is 0.663. The van der Waals surface area contributed by atoms with Gasteiger partial charge in [0.2, 0.25) is 0 Å². The van der Waals surface area contributed by atoms with Crippen LogP contribution in [0.1, 0.15) is 24.4 Å². The minimum atomic E-state index is -4.88. The number of rotatable bonds is 2. The Labute approximate surface area is 113 Å². The first kappa shape index (κ1) is 14.8. The number of piperidine rings is 1. The fourth-order valence-corrected chi connectivity index (χ4v) is 2.29. The van der Waals surface area contributed by atoms with E-state index in [1.807, 2.05) is 5.32 Å². The summed E-state index contributed by atoms with van der Waals surface area (Å²) in [6.07, 6.45) is -4.17. The lowest BCUT2D eigenvalue weighted by Gasteiger charge is -2.31. The third kappa shape index (κ3) is 3.69. The fourth-order valence-electron chi connectivity index (χ4n) is 2.29. The molecule has 0 bridgehead atoms. The van der Waals surface area contributed by atoms with E-state index in [0.29, 0.717) is 24.9 Å². The van der Waals surface area contributed by atoms with Gasteiger partial charge in [-0.1, -0.05) is 12.1 Å². The fraction of sp³-hybridized carbons (Fsp3) is 0.462. The van der Waals surface area contributed by atoms with Gasteiger partial charge in [0.15, 0.2) is 0 Å². The Bertz CT molecular complexity index is 490. The molecule has 2 atom stereocenters. The molecule has 0 aromatic heterocycles. The molecule has 1 aliphatic heterocycles. The molecule has 1 aromatic carbocycles. The third-order valence-electron chi connectivity index (χ3n) is 3.25.